The number of hydrogen-bond donors (Lipinski definition) is 2. The van der Waals surface area contributed by atoms with E-state index >= 15 is 0 Å². The maximum Gasteiger partial charge on any atom is 0.260 e. The van der Waals surface area contributed by atoms with Gasteiger partial charge in [0.2, 0.25) is 0 Å². The third kappa shape index (κ3) is 3.00. The van der Waals surface area contributed by atoms with Crippen LogP contribution < -0.4 is 15.8 Å². The Labute approximate surface area is 172 Å². The van der Waals surface area contributed by atoms with Gasteiger partial charge in [-0.25, -0.2) is 9.37 Å². The van der Waals surface area contributed by atoms with E-state index in [0.29, 0.717) is 34.0 Å². The van der Waals surface area contributed by atoms with Crippen molar-refractivity contribution < 1.29 is 9.50 Å². The fourth-order valence-corrected chi connectivity index (χ4v) is 4.63. The maximum atomic E-state index is 14.9. The summed E-state index contributed by atoms with van der Waals surface area (Å²) in [5.41, 5.74) is 1.04. The van der Waals surface area contributed by atoms with Crippen LogP contribution in [0.5, 0.6) is 5.75 Å². The predicted molar refractivity (Wildman–Crippen MR) is 111 cm³/mol. The quantitative estimate of drug-likeness (QED) is 0.679. The second kappa shape index (κ2) is 7.02. The molecule has 156 valence electrons. The fourth-order valence-electron chi connectivity index (χ4n) is 4.63. The molecule has 0 radical (unpaired) electrons. The van der Waals surface area contributed by atoms with Crippen molar-refractivity contribution in [3.05, 3.63) is 40.9 Å². The van der Waals surface area contributed by atoms with E-state index in [1.54, 1.807) is 25.2 Å². The van der Waals surface area contributed by atoms with E-state index in [2.05, 4.69) is 20.5 Å². The van der Waals surface area contributed by atoms with Crippen molar-refractivity contribution in [1.82, 2.24) is 25.1 Å². The van der Waals surface area contributed by atoms with Crippen LogP contribution in [0.4, 0.5) is 10.2 Å². The Balaban J connectivity index is 1.46. The third-order valence-electron chi connectivity index (χ3n) is 6.37. The molecule has 5 rings (SSSR count). The lowest BCUT2D eigenvalue weighted by Crippen LogP contribution is -2.55. The van der Waals surface area contributed by atoms with Gasteiger partial charge >= 0.3 is 0 Å². The molecule has 0 spiro atoms. The molecule has 0 amide bonds. The number of phenolic OH excluding ortho intramolecular Hbond substituents is 1. The van der Waals surface area contributed by atoms with Crippen molar-refractivity contribution >= 4 is 16.7 Å². The van der Waals surface area contributed by atoms with Crippen LogP contribution in [-0.2, 0) is 7.05 Å². The van der Waals surface area contributed by atoms with E-state index < -0.39 is 6.17 Å². The Morgan fingerprint density at radius 3 is 2.87 bits per heavy atom. The Hall–Kier alpha value is -3.07. The van der Waals surface area contributed by atoms with Gasteiger partial charge in [-0.05, 0) is 37.5 Å². The number of aryl methyl sites for hydroxylation is 1. The zero-order valence-corrected chi connectivity index (χ0v) is 16.8. The summed E-state index contributed by atoms with van der Waals surface area (Å²) in [6, 6.07) is 6.55. The molecule has 2 N–H and O–H groups in total. The highest BCUT2D eigenvalue weighted by molar-refractivity contribution is 5.86. The summed E-state index contributed by atoms with van der Waals surface area (Å²) in [4.78, 5) is 18.4. The molecular weight excluding hydrogens is 387 g/mol. The number of nitrogens with zero attached hydrogens (tertiary/aromatic N) is 5. The minimum absolute atomic E-state index is 0.0302. The molecule has 8 nitrogen and oxygen atoms in total. The smallest absolute Gasteiger partial charge is 0.260 e. The van der Waals surface area contributed by atoms with Gasteiger partial charge in [0, 0.05) is 37.8 Å². The van der Waals surface area contributed by atoms with Crippen molar-refractivity contribution in [2.24, 2.45) is 7.05 Å². The van der Waals surface area contributed by atoms with Crippen LogP contribution >= 0.6 is 0 Å². The molecule has 1 aromatic carbocycles. The number of aromatic nitrogens is 4. The number of aromatic hydroxyl groups is 1. The van der Waals surface area contributed by atoms with Crippen LogP contribution in [0.2, 0.25) is 0 Å². The van der Waals surface area contributed by atoms with Crippen molar-refractivity contribution in [2.75, 3.05) is 11.9 Å². The molecule has 4 heterocycles. The van der Waals surface area contributed by atoms with Gasteiger partial charge in [0.1, 0.15) is 11.9 Å². The number of benzene rings is 1. The summed E-state index contributed by atoms with van der Waals surface area (Å²) >= 11 is 0. The SMILES string of the molecule is CN(c1ccc(-c2cc3c(=O)n(C)cnc3cc2O)nn1)[C@H]1CC2CCC(N2)[C@H]1F. The zero-order valence-electron chi connectivity index (χ0n) is 16.8. The average Bonchev–Trinajstić information content (AvgIpc) is 3.16. The number of alkyl halides is 1. The molecule has 0 saturated carbocycles. The molecule has 2 aromatic heterocycles. The summed E-state index contributed by atoms with van der Waals surface area (Å²) < 4.78 is 16.2. The molecule has 0 aliphatic carbocycles. The van der Waals surface area contributed by atoms with Crippen LogP contribution in [0.1, 0.15) is 19.3 Å². The molecule has 2 fully saturated rings. The lowest BCUT2D eigenvalue weighted by molar-refractivity contribution is 0.176. The largest absolute Gasteiger partial charge is 0.507 e. The maximum absolute atomic E-state index is 14.9. The van der Waals surface area contributed by atoms with Crippen LogP contribution in [0, 0.1) is 0 Å². The van der Waals surface area contributed by atoms with Gasteiger partial charge < -0.3 is 19.9 Å². The third-order valence-corrected chi connectivity index (χ3v) is 6.37. The number of anilines is 1. The number of fused-ring (bicyclic) bond motifs is 3. The Bertz CT molecular complexity index is 1160. The first-order chi connectivity index (χ1) is 14.4. The number of piperidine rings is 1. The second-order valence-corrected chi connectivity index (χ2v) is 8.23. The topological polar surface area (TPSA) is 96.2 Å². The van der Waals surface area contributed by atoms with Gasteiger partial charge in [-0.3, -0.25) is 4.79 Å². The lowest BCUT2D eigenvalue weighted by atomic mass is 9.96. The summed E-state index contributed by atoms with van der Waals surface area (Å²) in [6.45, 7) is 0. The fraction of sp³-hybridized carbons (Fsp3) is 0.429. The number of halogens is 1. The molecule has 2 aliphatic heterocycles. The van der Waals surface area contributed by atoms with E-state index in [9.17, 15) is 14.3 Å². The van der Waals surface area contributed by atoms with Crippen LogP contribution in [-0.4, -0.2) is 56.2 Å². The van der Waals surface area contributed by atoms with Crippen LogP contribution in [0.25, 0.3) is 22.2 Å². The van der Waals surface area contributed by atoms with Crippen LogP contribution in [0.3, 0.4) is 0 Å². The lowest BCUT2D eigenvalue weighted by Gasteiger charge is -2.38. The zero-order chi connectivity index (χ0) is 21.0. The first kappa shape index (κ1) is 18.9. The highest BCUT2D eigenvalue weighted by atomic mass is 19.1. The van der Waals surface area contributed by atoms with E-state index in [-0.39, 0.29) is 23.4 Å². The van der Waals surface area contributed by atoms with Gasteiger partial charge in [-0.2, -0.15) is 0 Å². The van der Waals surface area contributed by atoms with Crippen molar-refractivity contribution in [3.63, 3.8) is 0 Å². The molecule has 2 unspecified atom stereocenters. The standard InChI is InChI=1S/C21H23FN6O2/c1-27-10-23-16-9-18(29)12(8-13(16)21(27)30)14-5-6-19(26-25-14)28(2)17-7-11-3-4-15(24-11)20(17)22/h5-6,8-11,15,17,20,24,29H,3-4,7H2,1-2H3/t11?,15?,17-,20+/m0/s1. The first-order valence-corrected chi connectivity index (χ1v) is 10.1. The molecule has 30 heavy (non-hydrogen) atoms. The van der Waals surface area contributed by atoms with Gasteiger partial charge in [0.05, 0.1) is 29.0 Å². The summed E-state index contributed by atoms with van der Waals surface area (Å²) in [6.07, 6.45) is 3.08. The number of rotatable bonds is 3. The van der Waals surface area contributed by atoms with Crippen molar-refractivity contribution in [1.29, 1.82) is 0 Å². The number of phenols is 1. The van der Waals surface area contributed by atoms with Crippen LogP contribution in [0.15, 0.2) is 35.4 Å². The number of nitrogens with one attached hydrogen (secondary N) is 1. The van der Waals surface area contributed by atoms with Gasteiger partial charge in [0.25, 0.3) is 5.56 Å². The predicted octanol–water partition coefficient (Wildman–Crippen LogP) is 1.76. The first-order valence-electron chi connectivity index (χ1n) is 10.1. The average molecular weight is 410 g/mol. The normalized spacial score (nSPS) is 25.6. The minimum atomic E-state index is -0.955. The Morgan fingerprint density at radius 2 is 2.10 bits per heavy atom. The minimum Gasteiger partial charge on any atom is -0.507 e. The van der Waals surface area contributed by atoms with Gasteiger partial charge in [-0.1, -0.05) is 0 Å². The van der Waals surface area contributed by atoms with E-state index in [4.69, 9.17) is 0 Å². The monoisotopic (exact) mass is 410 g/mol. The van der Waals surface area contributed by atoms with Gasteiger partial charge in [-0.15, -0.1) is 10.2 Å². The summed E-state index contributed by atoms with van der Waals surface area (Å²) in [5.74, 6) is 0.544. The molecular formula is C21H23FN6O2. The molecule has 2 aliphatic rings. The summed E-state index contributed by atoms with van der Waals surface area (Å²) in [5, 5.41) is 22.7. The van der Waals surface area contributed by atoms with Gasteiger partial charge in [0.15, 0.2) is 5.82 Å². The second-order valence-electron chi connectivity index (χ2n) is 8.23. The van der Waals surface area contributed by atoms with E-state index in [1.807, 2.05) is 11.9 Å². The highest BCUT2D eigenvalue weighted by Gasteiger charge is 2.43. The molecule has 9 heteroatoms. The number of hydrogen-bond acceptors (Lipinski definition) is 7. The van der Waals surface area contributed by atoms with E-state index in [1.165, 1.54) is 17.0 Å². The molecule has 2 bridgehead atoms. The van der Waals surface area contributed by atoms with E-state index in [0.717, 1.165) is 19.3 Å². The molecule has 2 saturated heterocycles. The molecule has 4 atom stereocenters. The summed E-state index contributed by atoms with van der Waals surface area (Å²) in [7, 11) is 3.46. The Morgan fingerprint density at radius 1 is 1.27 bits per heavy atom. The Kier molecular flexibility index (Phi) is 4.43. The van der Waals surface area contributed by atoms with Crippen molar-refractivity contribution in [3.8, 4) is 17.0 Å². The van der Waals surface area contributed by atoms with Crippen molar-refractivity contribution in [2.45, 2.75) is 43.6 Å². The highest BCUT2D eigenvalue weighted by Crippen LogP contribution is 2.34. The molecule has 3 aromatic rings.